The highest BCUT2D eigenvalue weighted by Gasteiger charge is 2.85. The van der Waals surface area contributed by atoms with Crippen LogP contribution in [0.5, 0.6) is 0 Å². The van der Waals surface area contributed by atoms with Gasteiger partial charge in [-0.15, -0.1) is 0 Å². The van der Waals surface area contributed by atoms with Gasteiger partial charge in [-0.2, -0.15) is 35.1 Å². The molecule has 0 amide bonds. The van der Waals surface area contributed by atoms with Gasteiger partial charge in [0.2, 0.25) is 0 Å². The molecule has 90 valence electrons. The van der Waals surface area contributed by atoms with Crippen LogP contribution in [0.4, 0.5) is 35.1 Å². The first-order chi connectivity index (χ1) is 6.38. The van der Waals surface area contributed by atoms with E-state index in [0.717, 1.165) is 0 Å². The summed E-state index contributed by atoms with van der Waals surface area (Å²) in [6, 6.07) is 0. The van der Waals surface area contributed by atoms with Crippen molar-refractivity contribution in [1.29, 1.82) is 0 Å². The molecule has 1 rings (SSSR count). The van der Waals surface area contributed by atoms with Gasteiger partial charge in [0.15, 0.2) is 0 Å². The van der Waals surface area contributed by atoms with E-state index in [1.165, 1.54) is 0 Å². The molecule has 1 saturated carbocycles. The summed E-state index contributed by atoms with van der Waals surface area (Å²) in [6.07, 6.45) is -1.97. The second kappa shape index (κ2) is 2.76. The molecule has 0 aromatic rings. The lowest BCUT2D eigenvalue weighted by Crippen LogP contribution is -2.68. The van der Waals surface area contributed by atoms with Crippen molar-refractivity contribution >= 4 is 0 Å². The molecule has 15 heavy (non-hydrogen) atoms. The third-order valence-electron chi connectivity index (χ3n) is 2.45. The highest BCUT2D eigenvalue weighted by Crippen LogP contribution is 2.61. The molecule has 0 aromatic carbocycles. The van der Waals surface area contributed by atoms with Gasteiger partial charge >= 0.3 is 23.7 Å². The Hall–Kier alpha value is -0.560. The summed E-state index contributed by atoms with van der Waals surface area (Å²) in [7, 11) is 0. The fourth-order valence-corrected chi connectivity index (χ4v) is 1.39. The molecule has 8 heteroatoms. The Morgan fingerprint density at radius 2 is 1.20 bits per heavy atom. The van der Waals surface area contributed by atoms with Crippen LogP contribution in [0, 0.1) is 5.92 Å². The zero-order chi connectivity index (χ0) is 12.3. The lowest BCUT2D eigenvalue weighted by molar-refractivity contribution is -0.405. The van der Waals surface area contributed by atoms with E-state index in [2.05, 4.69) is 0 Å². The minimum atomic E-state index is -6.04. The Bertz CT molecular complexity index is 268. The number of rotatable bonds is 0. The molecule has 0 heterocycles. The first kappa shape index (κ1) is 12.5. The van der Waals surface area contributed by atoms with Crippen molar-refractivity contribution < 1.29 is 35.1 Å². The summed E-state index contributed by atoms with van der Waals surface area (Å²) in [5.41, 5.74) is 0. The van der Waals surface area contributed by atoms with Crippen LogP contribution < -0.4 is 0 Å². The quantitative estimate of drug-likeness (QED) is 0.569. The average molecular weight is 242 g/mol. The summed E-state index contributed by atoms with van der Waals surface area (Å²) >= 11 is 0. The van der Waals surface area contributed by atoms with Crippen molar-refractivity contribution in [3.8, 4) is 0 Å². The van der Waals surface area contributed by atoms with E-state index in [1.807, 2.05) is 0 Å². The summed E-state index contributed by atoms with van der Waals surface area (Å²) in [5.74, 6) is -24.9. The van der Waals surface area contributed by atoms with E-state index in [0.29, 0.717) is 6.92 Å². The first-order valence-electron chi connectivity index (χ1n) is 3.89. The normalized spacial score (nSPS) is 36.2. The molecule has 0 aliphatic heterocycles. The smallest absolute Gasteiger partial charge is 0.200 e. The van der Waals surface area contributed by atoms with Crippen LogP contribution in [-0.2, 0) is 0 Å². The summed E-state index contributed by atoms with van der Waals surface area (Å²) in [5, 5.41) is 0. The molecular formula is C7H6F8. The molecule has 1 unspecified atom stereocenters. The number of hydrogen-bond donors (Lipinski definition) is 0. The van der Waals surface area contributed by atoms with Gasteiger partial charge in [-0.25, -0.2) is 0 Å². The maximum atomic E-state index is 12.7. The van der Waals surface area contributed by atoms with Crippen molar-refractivity contribution in [1.82, 2.24) is 0 Å². The van der Waals surface area contributed by atoms with Crippen molar-refractivity contribution in [3.05, 3.63) is 0 Å². The van der Waals surface area contributed by atoms with Crippen LogP contribution in [-0.4, -0.2) is 23.7 Å². The molecule has 0 nitrogen and oxygen atoms in total. The van der Waals surface area contributed by atoms with E-state index in [4.69, 9.17) is 0 Å². The molecule has 0 N–H and O–H groups in total. The Morgan fingerprint density at radius 3 is 1.60 bits per heavy atom. The lowest BCUT2D eigenvalue weighted by Gasteiger charge is -2.44. The molecular weight excluding hydrogens is 236 g/mol. The predicted octanol–water partition coefficient (Wildman–Crippen LogP) is 3.57. The minimum absolute atomic E-state index is 0.386. The standard InChI is InChI=1S/C7H6F8/c1-3-2-4(8,9)6(12,13)7(14,15)5(3,10)11/h3H,2H2,1H3. The van der Waals surface area contributed by atoms with Gasteiger partial charge in [-0.1, -0.05) is 6.92 Å². The van der Waals surface area contributed by atoms with Crippen molar-refractivity contribution in [2.75, 3.05) is 0 Å². The van der Waals surface area contributed by atoms with E-state index >= 15 is 0 Å². The third-order valence-corrected chi connectivity index (χ3v) is 2.45. The maximum absolute atomic E-state index is 12.7. The fourth-order valence-electron chi connectivity index (χ4n) is 1.39. The van der Waals surface area contributed by atoms with E-state index in [9.17, 15) is 35.1 Å². The molecule has 0 spiro atoms. The maximum Gasteiger partial charge on any atom is 0.378 e. The minimum Gasteiger partial charge on any atom is -0.200 e. The number of hydrogen-bond acceptors (Lipinski definition) is 0. The zero-order valence-corrected chi connectivity index (χ0v) is 7.31. The highest BCUT2D eigenvalue weighted by atomic mass is 19.4. The average Bonchev–Trinajstić information content (AvgIpc) is 2.00. The second-order valence-corrected chi connectivity index (χ2v) is 3.58. The summed E-state index contributed by atoms with van der Waals surface area (Å²) in [4.78, 5) is 0. The van der Waals surface area contributed by atoms with Gasteiger partial charge in [-0.3, -0.25) is 0 Å². The SMILES string of the molecule is CC1CC(F)(F)C(F)(F)C(F)(F)C1(F)F. The van der Waals surface area contributed by atoms with Crippen LogP contribution in [0.3, 0.4) is 0 Å². The number of alkyl halides is 8. The molecule has 0 aromatic heterocycles. The Balaban J connectivity index is 3.30. The molecule has 0 bridgehead atoms. The van der Waals surface area contributed by atoms with Gasteiger partial charge < -0.3 is 0 Å². The van der Waals surface area contributed by atoms with Crippen LogP contribution >= 0.6 is 0 Å². The van der Waals surface area contributed by atoms with E-state index < -0.39 is 36.0 Å². The predicted molar refractivity (Wildman–Crippen MR) is 33.6 cm³/mol. The van der Waals surface area contributed by atoms with Crippen molar-refractivity contribution in [3.63, 3.8) is 0 Å². The molecule has 1 aliphatic rings. The molecule has 1 fully saturated rings. The van der Waals surface area contributed by atoms with Gasteiger partial charge in [-0.05, 0) is 0 Å². The second-order valence-electron chi connectivity index (χ2n) is 3.58. The van der Waals surface area contributed by atoms with Crippen LogP contribution in [0.1, 0.15) is 13.3 Å². The molecule has 0 saturated heterocycles. The monoisotopic (exact) mass is 242 g/mol. The van der Waals surface area contributed by atoms with Crippen molar-refractivity contribution in [2.45, 2.75) is 37.0 Å². The van der Waals surface area contributed by atoms with Gasteiger partial charge in [0.25, 0.3) is 0 Å². The topological polar surface area (TPSA) is 0 Å². The van der Waals surface area contributed by atoms with Gasteiger partial charge in [0, 0.05) is 12.3 Å². The molecule has 0 radical (unpaired) electrons. The van der Waals surface area contributed by atoms with Gasteiger partial charge in [0.1, 0.15) is 0 Å². The highest BCUT2D eigenvalue weighted by molar-refractivity contribution is 5.10. The zero-order valence-electron chi connectivity index (χ0n) is 7.31. The Morgan fingerprint density at radius 1 is 0.800 bits per heavy atom. The third kappa shape index (κ3) is 1.25. The molecule has 1 aliphatic carbocycles. The Labute approximate surface area is 79.2 Å². The largest absolute Gasteiger partial charge is 0.378 e. The first-order valence-corrected chi connectivity index (χ1v) is 3.89. The fraction of sp³-hybridized carbons (Fsp3) is 1.00. The van der Waals surface area contributed by atoms with Crippen LogP contribution in [0.15, 0.2) is 0 Å². The molecule has 1 atom stereocenters. The lowest BCUT2D eigenvalue weighted by atomic mass is 9.79. The van der Waals surface area contributed by atoms with E-state index in [1.54, 1.807) is 0 Å². The summed E-state index contributed by atoms with van der Waals surface area (Å²) in [6.45, 7) is 0.386. The van der Waals surface area contributed by atoms with E-state index in [-0.39, 0.29) is 0 Å². The summed E-state index contributed by atoms with van der Waals surface area (Å²) < 4.78 is 100. The van der Waals surface area contributed by atoms with Crippen LogP contribution in [0.2, 0.25) is 0 Å². The van der Waals surface area contributed by atoms with Gasteiger partial charge in [0.05, 0.1) is 0 Å². The Kier molecular flexibility index (Phi) is 2.30. The van der Waals surface area contributed by atoms with Crippen LogP contribution in [0.25, 0.3) is 0 Å². The number of halogens is 8. The van der Waals surface area contributed by atoms with Crippen molar-refractivity contribution in [2.24, 2.45) is 5.92 Å².